The van der Waals surface area contributed by atoms with Gasteiger partial charge in [-0.15, -0.1) is 0 Å². The van der Waals surface area contributed by atoms with Gasteiger partial charge in [-0.1, -0.05) is 39.0 Å². The van der Waals surface area contributed by atoms with Crippen molar-refractivity contribution in [3.8, 4) is 5.75 Å². The fourth-order valence-corrected chi connectivity index (χ4v) is 2.69. The van der Waals surface area contributed by atoms with Gasteiger partial charge in [0, 0.05) is 12.1 Å². The summed E-state index contributed by atoms with van der Waals surface area (Å²) in [4.78, 5) is 2.47. The molecule has 2 heteroatoms. The van der Waals surface area contributed by atoms with E-state index in [0.717, 1.165) is 38.0 Å². The minimum Gasteiger partial charge on any atom is -0.507 e. The zero-order valence-corrected chi connectivity index (χ0v) is 13.4. The number of aryl methyl sites for hydroxylation is 1. The molecule has 0 aromatic heterocycles. The van der Waals surface area contributed by atoms with E-state index in [9.17, 15) is 5.11 Å². The third kappa shape index (κ3) is 4.38. The number of hydrogen-bond donors (Lipinski definition) is 1. The van der Waals surface area contributed by atoms with E-state index in [1.807, 2.05) is 6.07 Å². The Hall–Kier alpha value is -1.28. The van der Waals surface area contributed by atoms with Gasteiger partial charge in [-0.05, 0) is 56.5 Å². The number of phenols is 1. The van der Waals surface area contributed by atoms with Crippen molar-refractivity contribution < 1.29 is 5.11 Å². The average molecular weight is 275 g/mol. The molecule has 0 bridgehead atoms. The van der Waals surface area contributed by atoms with E-state index in [4.69, 9.17) is 0 Å². The van der Waals surface area contributed by atoms with Crippen LogP contribution in [0.1, 0.15) is 51.7 Å². The summed E-state index contributed by atoms with van der Waals surface area (Å²) in [5, 5.41) is 10.2. The fourth-order valence-electron chi connectivity index (χ4n) is 2.69. The molecule has 0 fully saturated rings. The molecule has 0 aliphatic rings. The molecule has 1 rings (SSSR count). The Morgan fingerprint density at radius 2 is 1.95 bits per heavy atom. The van der Waals surface area contributed by atoms with Crippen LogP contribution in [0.2, 0.25) is 0 Å². The van der Waals surface area contributed by atoms with Crippen molar-refractivity contribution in [2.45, 2.75) is 47.0 Å². The summed E-state index contributed by atoms with van der Waals surface area (Å²) in [6.07, 6.45) is 5.28. The fraction of sp³-hybridized carbons (Fsp3) is 0.556. The monoisotopic (exact) mass is 275 g/mol. The van der Waals surface area contributed by atoms with Gasteiger partial charge >= 0.3 is 0 Å². The zero-order valence-electron chi connectivity index (χ0n) is 13.4. The predicted octanol–water partition coefficient (Wildman–Crippen LogP) is 4.48. The Bertz CT molecular complexity index is 437. The lowest BCUT2D eigenvalue weighted by atomic mass is 9.94. The topological polar surface area (TPSA) is 23.5 Å². The SMILES string of the molecule is C/C=C(/CCN(CC)CCC)c1c(O)cccc1CC. The molecule has 0 atom stereocenters. The summed E-state index contributed by atoms with van der Waals surface area (Å²) in [5.74, 6) is 0.413. The number of benzene rings is 1. The van der Waals surface area contributed by atoms with Crippen LogP contribution >= 0.6 is 0 Å². The zero-order chi connectivity index (χ0) is 15.0. The van der Waals surface area contributed by atoms with Gasteiger partial charge in [-0.3, -0.25) is 0 Å². The minimum absolute atomic E-state index is 0.413. The summed E-state index contributed by atoms with van der Waals surface area (Å²) in [6, 6.07) is 5.84. The van der Waals surface area contributed by atoms with Gasteiger partial charge < -0.3 is 10.0 Å². The first-order valence-electron chi connectivity index (χ1n) is 7.86. The van der Waals surface area contributed by atoms with Crippen LogP contribution in [0.5, 0.6) is 5.75 Å². The highest BCUT2D eigenvalue weighted by atomic mass is 16.3. The van der Waals surface area contributed by atoms with Crippen LogP contribution in [-0.4, -0.2) is 29.6 Å². The third-order valence-electron chi connectivity index (χ3n) is 3.86. The standard InChI is InChI=1S/C18H29NO/c1-5-13-19(8-4)14-12-16(7-3)18-15(6-2)10-9-11-17(18)20/h7,9-11,20H,5-6,8,12-14H2,1-4H3/b16-7-. The van der Waals surface area contributed by atoms with Gasteiger partial charge in [-0.25, -0.2) is 0 Å². The molecule has 0 aliphatic heterocycles. The number of rotatable bonds is 8. The molecule has 1 N–H and O–H groups in total. The van der Waals surface area contributed by atoms with Crippen LogP contribution in [0.4, 0.5) is 0 Å². The molecule has 0 saturated carbocycles. The van der Waals surface area contributed by atoms with E-state index >= 15 is 0 Å². The van der Waals surface area contributed by atoms with Crippen LogP contribution in [0, 0.1) is 0 Å². The Morgan fingerprint density at radius 3 is 2.50 bits per heavy atom. The Balaban J connectivity index is 2.87. The lowest BCUT2D eigenvalue weighted by molar-refractivity contribution is 0.296. The smallest absolute Gasteiger partial charge is 0.123 e. The molecule has 0 saturated heterocycles. The van der Waals surface area contributed by atoms with Crippen LogP contribution in [0.25, 0.3) is 5.57 Å². The second-order valence-corrected chi connectivity index (χ2v) is 5.16. The van der Waals surface area contributed by atoms with Gasteiger partial charge in [0.2, 0.25) is 0 Å². The Kier molecular flexibility index (Phi) is 7.38. The van der Waals surface area contributed by atoms with E-state index < -0.39 is 0 Å². The highest BCUT2D eigenvalue weighted by molar-refractivity contribution is 5.73. The Labute approximate surface area is 124 Å². The molecular weight excluding hydrogens is 246 g/mol. The lowest BCUT2D eigenvalue weighted by Crippen LogP contribution is -2.25. The average Bonchev–Trinajstić information content (AvgIpc) is 2.47. The van der Waals surface area contributed by atoms with Crippen molar-refractivity contribution >= 4 is 5.57 Å². The highest BCUT2D eigenvalue weighted by Gasteiger charge is 2.12. The molecule has 1 aromatic carbocycles. The molecule has 0 unspecified atom stereocenters. The number of nitrogens with zero attached hydrogens (tertiary/aromatic N) is 1. The first-order chi connectivity index (χ1) is 9.67. The number of hydrogen-bond acceptors (Lipinski definition) is 2. The maximum atomic E-state index is 10.2. The van der Waals surface area contributed by atoms with Crippen LogP contribution in [-0.2, 0) is 6.42 Å². The number of aromatic hydroxyl groups is 1. The van der Waals surface area contributed by atoms with Crippen LogP contribution < -0.4 is 0 Å². The normalized spacial score (nSPS) is 12.2. The van der Waals surface area contributed by atoms with Crippen molar-refractivity contribution in [1.29, 1.82) is 0 Å². The molecule has 20 heavy (non-hydrogen) atoms. The van der Waals surface area contributed by atoms with E-state index in [2.05, 4.69) is 44.7 Å². The first kappa shape index (κ1) is 16.8. The lowest BCUT2D eigenvalue weighted by Gasteiger charge is -2.21. The summed E-state index contributed by atoms with van der Waals surface area (Å²) < 4.78 is 0. The molecule has 0 heterocycles. The summed E-state index contributed by atoms with van der Waals surface area (Å²) >= 11 is 0. The summed E-state index contributed by atoms with van der Waals surface area (Å²) in [7, 11) is 0. The number of allylic oxidation sites excluding steroid dienone is 1. The van der Waals surface area contributed by atoms with Gasteiger partial charge in [0.05, 0.1) is 0 Å². The van der Waals surface area contributed by atoms with Crippen molar-refractivity contribution in [2.75, 3.05) is 19.6 Å². The Morgan fingerprint density at radius 1 is 1.20 bits per heavy atom. The van der Waals surface area contributed by atoms with Gasteiger partial charge in [0.15, 0.2) is 0 Å². The minimum atomic E-state index is 0.413. The summed E-state index contributed by atoms with van der Waals surface area (Å²) in [5.41, 5.74) is 3.54. The van der Waals surface area contributed by atoms with Crippen molar-refractivity contribution in [1.82, 2.24) is 4.90 Å². The second-order valence-electron chi connectivity index (χ2n) is 5.16. The highest BCUT2D eigenvalue weighted by Crippen LogP contribution is 2.31. The van der Waals surface area contributed by atoms with E-state index in [0.29, 0.717) is 5.75 Å². The van der Waals surface area contributed by atoms with Crippen molar-refractivity contribution in [3.63, 3.8) is 0 Å². The van der Waals surface area contributed by atoms with Crippen molar-refractivity contribution in [3.05, 3.63) is 35.4 Å². The van der Waals surface area contributed by atoms with Crippen molar-refractivity contribution in [2.24, 2.45) is 0 Å². The van der Waals surface area contributed by atoms with Gasteiger partial charge in [-0.2, -0.15) is 0 Å². The quantitative estimate of drug-likeness (QED) is 0.756. The third-order valence-corrected chi connectivity index (χ3v) is 3.86. The molecule has 0 amide bonds. The molecule has 1 aromatic rings. The number of phenolic OH excluding ortho intramolecular Hbond substituents is 1. The first-order valence-corrected chi connectivity index (χ1v) is 7.86. The molecular formula is C18H29NO. The predicted molar refractivity (Wildman–Crippen MR) is 88.2 cm³/mol. The maximum absolute atomic E-state index is 10.2. The van der Waals surface area contributed by atoms with E-state index in [1.54, 1.807) is 6.07 Å². The molecule has 2 nitrogen and oxygen atoms in total. The molecule has 0 aliphatic carbocycles. The molecule has 0 radical (unpaired) electrons. The molecule has 112 valence electrons. The second kappa shape index (κ2) is 8.80. The van der Waals surface area contributed by atoms with E-state index in [1.165, 1.54) is 17.6 Å². The maximum Gasteiger partial charge on any atom is 0.123 e. The largest absolute Gasteiger partial charge is 0.507 e. The van der Waals surface area contributed by atoms with E-state index in [-0.39, 0.29) is 0 Å². The van der Waals surface area contributed by atoms with Gasteiger partial charge in [0.25, 0.3) is 0 Å². The van der Waals surface area contributed by atoms with Crippen LogP contribution in [0.15, 0.2) is 24.3 Å². The van der Waals surface area contributed by atoms with Gasteiger partial charge in [0.1, 0.15) is 5.75 Å². The molecule has 0 spiro atoms. The van der Waals surface area contributed by atoms with Crippen LogP contribution in [0.3, 0.4) is 0 Å². The summed E-state index contributed by atoms with van der Waals surface area (Å²) in [6.45, 7) is 11.9.